The van der Waals surface area contributed by atoms with E-state index in [1.54, 1.807) is 0 Å². The molecular formula is C69H74N2. The molecule has 4 aliphatic carbocycles. The van der Waals surface area contributed by atoms with E-state index in [0.29, 0.717) is 23.7 Å². The van der Waals surface area contributed by atoms with Crippen molar-refractivity contribution in [3.8, 4) is 11.1 Å². The van der Waals surface area contributed by atoms with Gasteiger partial charge in [0.1, 0.15) is 0 Å². The number of nitrogens with zero attached hydrogens (tertiary/aromatic N) is 2. The molecule has 12 rings (SSSR count). The van der Waals surface area contributed by atoms with Crippen molar-refractivity contribution in [3.05, 3.63) is 191 Å². The van der Waals surface area contributed by atoms with Crippen LogP contribution in [0, 0.1) is 0 Å². The lowest BCUT2D eigenvalue weighted by atomic mass is 9.84. The van der Waals surface area contributed by atoms with Gasteiger partial charge in [0.25, 0.3) is 0 Å². The van der Waals surface area contributed by atoms with Crippen molar-refractivity contribution in [3.63, 3.8) is 0 Å². The molecule has 2 heteroatoms. The fourth-order valence-electron chi connectivity index (χ4n) is 13.8. The molecular weight excluding hydrogens is 857 g/mol. The molecule has 0 radical (unpaired) electrons. The summed E-state index contributed by atoms with van der Waals surface area (Å²) >= 11 is 0. The number of rotatable bonds is 13. The molecule has 0 heterocycles. The molecule has 0 bridgehead atoms. The van der Waals surface area contributed by atoms with Gasteiger partial charge in [0.05, 0.1) is 0 Å². The molecule has 71 heavy (non-hydrogen) atoms. The summed E-state index contributed by atoms with van der Waals surface area (Å²) in [5, 5.41) is 5.27. The zero-order valence-electron chi connectivity index (χ0n) is 42.6. The Morgan fingerprint density at radius 1 is 0.394 bits per heavy atom. The number of anilines is 6. The van der Waals surface area contributed by atoms with Crippen LogP contribution in [0.4, 0.5) is 34.1 Å². The first kappa shape index (κ1) is 46.0. The van der Waals surface area contributed by atoms with Gasteiger partial charge in [-0.1, -0.05) is 157 Å². The first-order valence-corrected chi connectivity index (χ1v) is 28.2. The lowest BCUT2D eigenvalue weighted by molar-refractivity contribution is 0.443. The van der Waals surface area contributed by atoms with E-state index in [-0.39, 0.29) is 0 Å². The number of hydrogen-bond donors (Lipinski definition) is 0. The Bertz CT molecular complexity index is 2980. The van der Waals surface area contributed by atoms with E-state index in [1.165, 1.54) is 216 Å². The third-order valence-electron chi connectivity index (χ3n) is 17.8. The van der Waals surface area contributed by atoms with Crippen molar-refractivity contribution in [2.24, 2.45) is 0 Å². The molecule has 3 saturated carbocycles. The third-order valence-corrected chi connectivity index (χ3v) is 17.8. The zero-order valence-corrected chi connectivity index (χ0v) is 42.6. The molecule has 3 fully saturated rings. The van der Waals surface area contributed by atoms with Crippen LogP contribution in [0.1, 0.15) is 186 Å². The van der Waals surface area contributed by atoms with Gasteiger partial charge in [0.15, 0.2) is 0 Å². The minimum absolute atomic E-state index is 0.612. The Morgan fingerprint density at radius 2 is 0.831 bits per heavy atom. The van der Waals surface area contributed by atoms with Crippen LogP contribution in [0.3, 0.4) is 0 Å². The Labute approximate surface area is 425 Å². The van der Waals surface area contributed by atoms with Gasteiger partial charge in [-0.3, -0.25) is 0 Å². The molecule has 0 spiro atoms. The van der Waals surface area contributed by atoms with Crippen LogP contribution in [-0.2, 0) is 6.42 Å². The number of hydrogen-bond acceptors (Lipinski definition) is 2. The molecule has 1 atom stereocenters. The third kappa shape index (κ3) is 9.33. The van der Waals surface area contributed by atoms with Gasteiger partial charge < -0.3 is 9.80 Å². The molecule has 4 aliphatic rings. The van der Waals surface area contributed by atoms with Crippen LogP contribution in [0.25, 0.3) is 32.7 Å². The summed E-state index contributed by atoms with van der Waals surface area (Å²) in [6.45, 7) is 4.64. The van der Waals surface area contributed by atoms with E-state index in [2.05, 4.69) is 181 Å². The highest BCUT2D eigenvalue weighted by molar-refractivity contribution is 6.01. The quantitative estimate of drug-likeness (QED) is 0.114. The second-order valence-corrected chi connectivity index (χ2v) is 22.2. The van der Waals surface area contributed by atoms with E-state index >= 15 is 0 Å². The molecule has 0 amide bonds. The molecule has 1 unspecified atom stereocenters. The normalized spacial score (nSPS) is 17.0. The lowest BCUT2D eigenvalue weighted by Gasteiger charge is -2.28. The average Bonchev–Trinajstić information content (AvgIpc) is 3.81. The van der Waals surface area contributed by atoms with Crippen LogP contribution < -0.4 is 9.80 Å². The minimum Gasteiger partial charge on any atom is -0.310 e. The summed E-state index contributed by atoms with van der Waals surface area (Å²) in [7, 11) is 0. The van der Waals surface area contributed by atoms with Crippen molar-refractivity contribution in [2.75, 3.05) is 9.80 Å². The Kier molecular flexibility index (Phi) is 13.3. The van der Waals surface area contributed by atoms with Crippen molar-refractivity contribution in [1.82, 2.24) is 0 Å². The smallest absolute Gasteiger partial charge is 0.0468 e. The molecule has 0 aliphatic heterocycles. The second-order valence-electron chi connectivity index (χ2n) is 22.2. The highest BCUT2D eigenvalue weighted by atomic mass is 15.1. The van der Waals surface area contributed by atoms with Crippen molar-refractivity contribution in [1.29, 1.82) is 0 Å². The van der Waals surface area contributed by atoms with Crippen LogP contribution in [0.5, 0.6) is 0 Å². The summed E-state index contributed by atoms with van der Waals surface area (Å²) < 4.78 is 0. The van der Waals surface area contributed by atoms with E-state index in [1.807, 2.05) is 0 Å². The highest BCUT2D eigenvalue weighted by Gasteiger charge is 2.25. The molecule has 0 saturated heterocycles. The van der Waals surface area contributed by atoms with Gasteiger partial charge in [-0.05, 0) is 226 Å². The van der Waals surface area contributed by atoms with Crippen LogP contribution in [-0.4, -0.2) is 0 Å². The maximum atomic E-state index is 2.50. The van der Waals surface area contributed by atoms with Gasteiger partial charge >= 0.3 is 0 Å². The first-order valence-electron chi connectivity index (χ1n) is 28.2. The van der Waals surface area contributed by atoms with E-state index in [0.717, 1.165) is 6.42 Å². The monoisotopic (exact) mass is 931 g/mol. The molecule has 2 nitrogen and oxygen atoms in total. The van der Waals surface area contributed by atoms with Gasteiger partial charge in [0, 0.05) is 34.1 Å². The molecule has 360 valence electrons. The summed E-state index contributed by atoms with van der Waals surface area (Å²) in [5.41, 5.74) is 19.0. The lowest BCUT2D eigenvalue weighted by Crippen LogP contribution is -2.11. The van der Waals surface area contributed by atoms with Gasteiger partial charge in [-0.15, -0.1) is 0 Å². The predicted octanol–water partition coefficient (Wildman–Crippen LogP) is 20.9. The van der Waals surface area contributed by atoms with Crippen LogP contribution in [0.2, 0.25) is 0 Å². The van der Waals surface area contributed by atoms with E-state index in [9.17, 15) is 0 Å². The van der Waals surface area contributed by atoms with Gasteiger partial charge in [0.2, 0.25) is 0 Å². The fourth-order valence-corrected chi connectivity index (χ4v) is 13.8. The van der Waals surface area contributed by atoms with Crippen molar-refractivity contribution in [2.45, 2.75) is 160 Å². The number of fused-ring (bicyclic) bond motifs is 6. The summed E-state index contributed by atoms with van der Waals surface area (Å²) in [5.74, 6) is 2.70. The summed E-state index contributed by atoms with van der Waals surface area (Å²) in [4.78, 5) is 4.99. The summed E-state index contributed by atoms with van der Waals surface area (Å²) in [6.07, 6.45) is 24.8. The standard InChI is InChI=1S/C69H74N2/c1-3-14-48(4-2)52-21-31-60(32-22-52)71(63-37-27-55(28-38-63)51-19-12-7-13-20-51)65-40-42-66-57(44-65)30-41-67-68-46-56-29-39-64(45-58(56)43-59(68)47-69(66)67)70(61-33-23-53(24-34-61)49-15-8-5-9-16-49)62-35-25-54(26-36-62)50-17-10-6-11-18-50/h21-46,48-51H,3-20,47H2,1-2H3. The van der Waals surface area contributed by atoms with Gasteiger partial charge in [-0.25, -0.2) is 0 Å². The van der Waals surface area contributed by atoms with Crippen molar-refractivity contribution >= 4 is 55.7 Å². The molecule has 8 aromatic carbocycles. The largest absolute Gasteiger partial charge is 0.310 e. The Morgan fingerprint density at radius 3 is 1.31 bits per heavy atom. The highest BCUT2D eigenvalue weighted by Crippen LogP contribution is 2.47. The van der Waals surface area contributed by atoms with Crippen LogP contribution in [0.15, 0.2) is 158 Å². The topological polar surface area (TPSA) is 6.48 Å². The first-order chi connectivity index (χ1) is 35.1. The summed E-state index contributed by atoms with van der Waals surface area (Å²) in [6, 6.07) is 62.5. The predicted molar refractivity (Wildman–Crippen MR) is 304 cm³/mol. The van der Waals surface area contributed by atoms with E-state index in [4.69, 9.17) is 0 Å². The number of benzene rings is 8. The van der Waals surface area contributed by atoms with E-state index < -0.39 is 0 Å². The second kappa shape index (κ2) is 20.5. The molecule has 0 N–H and O–H groups in total. The maximum absolute atomic E-state index is 2.50. The van der Waals surface area contributed by atoms with Crippen molar-refractivity contribution < 1.29 is 0 Å². The Balaban J connectivity index is 0.867. The average molecular weight is 931 g/mol. The Hall–Kier alpha value is -6.12. The van der Waals surface area contributed by atoms with Crippen LogP contribution >= 0.6 is 0 Å². The fraction of sp³-hybridized carbons (Fsp3) is 0.362. The molecule has 8 aromatic rings. The zero-order chi connectivity index (χ0) is 47.7. The SMILES string of the molecule is CCCC(CC)c1ccc(N(c2ccc(C3CCCCC3)cc2)c2ccc3c4c(ccc3c2)-c2cc3ccc(N(c5ccc(C6CCCCC6)cc5)c5ccc(C6CCCCC6)cc5)cc3cc2C4)cc1. The maximum Gasteiger partial charge on any atom is 0.0468 e. The minimum atomic E-state index is 0.612. The van der Waals surface area contributed by atoms with Gasteiger partial charge in [-0.2, -0.15) is 0 Å². The molecule has 0 aromatic heterocycles.